The summed E-state index contributed by atoms with van der Waals surface area (Å²) in [6, 6.07) is 6.70. The Hall–Kier alpha value is -1.90. The maximum absolute atomic E-state index is 13.7. The molecule has 3 aliphatic rings. The molecule has 30 heavy (non-hydrogen) atoms. The summed E-state index contributed by atoms with van der Waals surface area (Å²) in [6.07, 6.45) is 7.36. The molecule has 3 aliphatic heterocycles. The molecule has 1 aromatic rings. The fourth-order valence-electron chi connectivity index (χ4n) is 5.72. The van der Waals surface area contributed by atoms with Gasteiger partial charge < -0.3 is 9.84 Å². The largest absolute Gasteiger partial charge is 0.497 e. The molecule has 7 nitrogen and oxygen atoms in total. The molecule has 1 aromatic carbocycles. The third-order valence-electron chi connectivity index (χ3n) is 6.93. The number of carboxylic acid groups (broad SMARTS) is 1. The summed E-state index contributed by atoms with van der Waals surface area (Å²) < 4.78 is 34.2. The first-order chi connectivity index (χ1) is 14.4. The van der Waals surface area contributed by atoms with Crippen LogP contribution in [-0.2, 0) is 14.8 Å². The molecule has 164 valence electrons. The Morgan fingerprint density at radius 2 is 1.90 bits per heavy atom. The Balaban J connectivity index is 1.69. The number of benzene rings is 1. The number of methoxy groups -OCH3 is 1. The summed E-state index contributed by atoms with van der Waals surface area (Å²) in [6.45, 7) is 2.67. The van der Waals surface area contributed by atoms with E-state index < -0.39 is 16.0 Å². The van der Waals surface area contributed by atoms with Gasteiger partial charge in [0, 0.05) is 24.7 Å². The molecule has 4 rings (SSSR count). The van der Waals surface area contributed by atoms with Crippen LogP contribution in [-0.4, -0.2) is 67.5 Å². The van der Waals surface area contributed by atoms with Gasteiger partial charge in [-0.3, -0.25) is 4.90 Å². The van der Waals surface area contributed by atoms with Crippen LogP contribution in [0.1, 0.15) is 32.1 Å². The maximum Gasteiger partial charge on any atom is 0.327 e. The number of rotatable bonds is 6. The van der Waals surface area contributed by atoms with Crippen LogP contribution in [0.2, 0.25) is 0 Å². The average Bonchev–Trinajstić information content (AvgIpc) is 2.75. The molecule has 0 unspecified atom stereocenters. The molecule has 1 N–H and O–H groups in total. The maximum atomic E-state index is 13.7. The van der Waals surface area contributed by atoms with Gasteiger partial charge in [-0.05, 0) is 81.3 Å². The number of nitrogens with zero attached hydrogens (tertiary/aromatic N) is 2. The Morgan fingerprint density at radius 3 is 2.57 bits per heavy atom. The van der Waals surface area contributed by atoms with E-state index in [1.807, 2.05) is 0 Å². The summed E-state index contributed by atoms with van der Waals surface area (Å²) >= 11 is 0. The highest BCUT2D eigenvalue weighted by Gasteiger charge is 2.51. The fourth-order valence-corrected chi connectivity index (χ4v) is 7.45. The number of hydrogen-bond acceptors (Lipinski definition) is 5. The van der Waals surface area contributed by atoms with Gasteiger partial charge in [0.2, 0.25) is 10.0 Å². The second-order valence-corrected chi connectivity index (χ2v) is 10.4. The van der Waals surface area contributed by atoms with E-state index in [9.17, 15) is 13.2 Å². The molecule has 3 heterocycles. The average molecular weight is 435 g/mol. The van der Waals surface area contributed by atoms with Crippen molar-refractivity contribution < 1.29 is 23.1 Å². The van der Waals surface area contributed by atoms with Gasteiger partial charge in [-0.1, -0.05) is 6.08 Å². The van der Waals surface area contributed by atoms with E-state index in [2.05, 4.69) is 4.90 Å². The Morgan fingerprint density at radius 1 is 1.20 bits per heavy atom. The fraction of sp³-hybridized carbons (Fsp3) is 0.591. The zero-order chi connectivity index (χ0) is 21.3. The lowest BCUT2D eigenvalue weighted by atomic mass is 9.70. The number of hydrogen-bond donors (Lipinski definition) is 1. The molecular formula is C22H30N2O5S. The number of piperidine rings is 3. The van der Waals surface area contributed by atoms with E-state index in [1.165, 1.54) is 0 Å². The van der Waals surface area contributed by atoms with E-state index in [4.69, 9.17) is 9.84 Å². The topological polar surface area (TPSA) is 87.2 Å². The molecular weight excluding hydrogens is 404 g/mol. The lowest BCUT2D eigenvalue weighted by molar-refractivity contribution is -0.131. The second-order valence-electron chi connectivity index (χ2n) is 8.53. The smallest absolute Gasteiger partial charge is 0.327 e. The molecule has 0 aromatic heterocycles. The van der Waals surface area contributed by atoms with Crippen molar-refractivity contribution in [3.05, 3.63) is 36.4 Å². The normalized spacial score (nSPS) is 30.2. The van der Waals surface area contributed by atoms with E-state index in [0.717, 1.165) is 44.8 Å². The van der Waals surface area contributed by atoms with Gasteiger partial charge in [0.15, 0.2) is 0 Å². The Kier molecular flexibility index (Phi) is 6.18. The highest BCUT2D eigenvalue weighted by molar-refractivity contribution is 7.89. The first-order valence-corrected chi connectivity index (χ1v) is 12.1. The van der Waals surface area contributed by atoms with Gasteiger partial charge in [0.05, 0.1) is 12.0 Å². The van der Waals surface area contributed by atoms with E-state index in [1.54, 1.807) is 41.8 Å². The summed E-state index contributed by atoms with van der Waals surface area (Å²) in [5.41, 5.74) is 0. The van der Waals surface area contributed by atoms with Crippen molar-refractivity contribution in [3.63, 3.8) is 0 Å². The lowest BCUT2D eigenvalue weighted by Gasteiger charge is -2.56. The van der Waals surface area contributed by atoms with Crippen LogP contribution in [0.25, 0.3) is 0 Å². The van der Waals surface area contributed by atoms with Crippen LogP contribution in [0.4, 0.5) is 0 Å². The van der Waals surface area contributed by atoms with Gasteiger partial charge in [-0.15, -0.1) is 0 Å². The molecule has 4 atom stereocenters. The molecule has 0 amide bonds. The Bertz CT molecular complexity index is 897. The summed E-state index contributed by atoms with van der Waals surface area (Å²) in [4.78, 5) is 13.8. The Labute approximate surface area is 178 Å². The monoisotopic (exact) mass is 434 g/mol. The molecule has 0 aliphatic carbocycles. The minimum atomic E-state index is -3.70. The van der Waals surface area contributed by atoms with Crippen molar-refractivity contribution in [1.82, 2.24) is 9.21 Å². The highest BCUT2D eigenvalue weighted by Crippen LogP contribution is 2.44. The SMILES string of the molecule is COc1ccc(S(=O)(=O)N2C[C@@H]3CCCN4CCC[C@@H]([C@H]34)[C@H]2C/C=C/C(=O)O)cc1. The van der Waals surface area contributed by atoms with Gasteiger partial charge in [0.1, 0.15) is 5.75 Å². The number of aliphatic carboxylic acids is 1. The van der Waals surface area contributed by atoms with Gasteiger partial charge >= 0.3 is 5.97 Å². The number of carbonyl (C=O) groups is 1. The van der Waals surface area contributed by atoms with Gasteiger partial charge in [-0.25, -0.2) is 13.2 Å². The molecule has 0 radical (unpaired) electrons. The quantitative estimate of drug-likeness (QED) is 0.693. The number of ether oxygens (including phenoxy) is 1. The van der Waals surface area contributed by atoms with Crippen LogP contribution < -0.4 is 4.74 Å². The standard InChI is InChI=1S/C22H30N2O5S/c1-29-17-9-11-18(12-10-17)30(27,28)24-15-16-5-3-13-23-14-4-6-19(22(16)23)20(24)7-2-8-21(25)26/h2,8-12,16,19-20,22H,3-7,13-15H2,1H3,(H,25,26)/b8-2+/t16-,19+,20+,22-/m0/s1. The van der Waals surface area contributed by atoms with Crippen molar-refractivity contribution >= 4 is 16.0 Å². The summed E-state index contributed by atoms with van der Waals surface area (Å²) in [5.74, 6) is 0.168. The van der Waals surface area contributed by atoms with Crippen LogP contribution in [0.15, 0.2) is 41.3 Å². The van der Waals surface area contributed by atoms with Gasteiger partial charge in [-0.2, -0.15) is 4.31 Å². The lowest BCUT2D eigenvalue weighted by Crippen LogP contribution is -2.65. The molecule has 0 spiro atoms. The van der Waals surface area contributed by atoms with Crippen LogP contribution in [0.5, 0.6) is 5.75 Å². The van der Waals surface area contributed by atoms with Crippen LogP contribution in [0.3, 0.4) is 0 Å². The summed E-state index contributed by atoms with van der Waals surface area (Å²) in [5, 5.41) is 9.02. The molecule has 8 heteroatoms. The minimum absolute atomic E-state index is 0.226. The van der Waals surface area contributed by atoms with Crippen molar-refractivity contribution in [2.45, 2.75) is 49.1 Å². The zero-order valence-electron chi connectivity index (χ0n) is 17.3. The molecule has 3 saturated heterocycles. The van der Waals surface area contributed by atoms with Crippen LogP contribution >= 0.6 is 0 Å². The van der Waals surface area contributed by atoms with Gasteiger partial charge in [0.25, 0.3) is 0 Å². The molecule has 3 fully saturated rings. The van der Waals surface area contributed by atoms with Crippen LogP contribution in [0, 0.1) is 11.8 Å². The first-order valence-electron chi connectivity index (χ1n) is 10.7. The number of sulfonamides is 1. The van der Waals surface area contributed by atoms with E-state index in [-0.39, 0.29) is 16.9 Å². The minimum Gasteiger partial charge on any atom is -0.497 e. The first kappa shape index (κ1) is 21.3. The molecule has 0 bridgehead atoms. The molecule has 0 saturated carbocycles. The van der Waals surface area contributed by atoms with Crippen molar-refractivity contribution in [3.8, 4) is 5.75 Å². The second kappa shape index (κ2) is 8.69. The predicted octanol–water partition coefficient (Wildman–Crippen LogP) is 2.59. The van der Waals surface area contributed by atoms with Crippen molar-refractivity contribution in [2.75, 3.05) is 26.7 Å². The third kappa shape index (κ3) is 4.00. The zero-order valence-corrected chi connectivity index (χ0v) is 18.1. The van der Waals surface area contributed by atoms with Crippen molar-refractivity contribution in [1.29, 1.82) is 0 Å². The third-order valence-corrected chi connectivity index (χ3v) is 8.83. The van der Waals surface area contributed by atoms with E-state index >= 15 is 0 Å². The number of carboxylic acids is 1. The van der Waals surface area contributed by atoms with Crippen molar-refractivity contribution in [2.24, 2.45) is 11.8 Å². The summed E-state index contributed by atoms with van der Waals surface area (Å²) in [7, 11) is -2.14. The highest BCUT2D eigenvalue weighted by atomic mass is 32.2. The van der Waals surface area contributed by atoms with E-state index in [0.29, 0.717) is 30.7 Å². The predicted molar refractivity (Wildman–Crippen MR) is 113 cm³/mol.